The van der Waals surface area contributed by atoms with Gasteiger partial charge in [-0.2, -0.15) is 0 Å². The molecule has 0 N–H and O–H groups in total. The molecule has 0 aromatic rings. The Morgan fingerprint density at radius 3 is 3.00 bits per heavy atom. The molecule has 0 bridgehead atoms. The highest BCUT2D eigenvalue weighted by Crippen LogP contribution is 2.25. The molecular weight excluding hydrogens is 160 g/mol. The van der Waals surface area contributed by atoms with Crippen LogP contribution in [0.5, 0.6) is 0 Å². The standard InChI is InChI=1S/C8H12O2S/c1-10-4-5-11-8-3-2-7(9)6-8/h6H,2-5H2,1H3. The summed E-state index contributed by atoms with van der Waals surface area (Å²) in [7, 11) is 1.69. The van der Waals surface area contributed by atoms with E-state index in [0.29, 0.717) is 6.42 Å². The number of rotatable bonds is 4. The van der Waals surface area contributed by atoms with Crippen molar-refractivity contribution in [3.8, 4) is 0 Å². The van der Waals surface area contributed by atoms with Gasteiger partial charge in [0.2, 0.25) is 0 Å². The summed E-state index contributed by atoms with van der Waals surface area (Å²) in [6, 6.07) is 0. The highest BCUT2D eigenvalue weighted by Gasteiger charge is 2.11. The van der Waals surface area contributed by atoms with Crippen LogP contribution in [0.3, 0.4) is 0 Å². The van der Waals surface area contributed by atoms with Crippen LogP contribution in [0.2, 0.25) is 0 Å². The van der Waals surface area contributed by atoms with E-state index in [9.17, 15) is 4.79 Å². The second-order valence-electron chi connectivity index (χ2n) is 2.42. The summed E-state index contributed by atoms with van der Waals surface area (Å²) < 4.78 is 4.90. The van der Waals surface area contributed by atoms with Gasteiger partial charge in [0.05, 0.1) is 6.61 Å². The van der Waals surface area contributed by atoms with E-state index in [1.807, 2.05) is 0 Å². The van der Waals surface area contributed by atoms with Crippen molar-refractivity contribution in [2.45, 2.75) is 12.8 Å². The number of ketones is 1. The summed E-state index contributed by atoms with van der Waals surface area (Å²) in [6.07, 6.45) is 3.39. The molecule has 0 saturated carbocycles. The molecule has 0 saturated heterocycles. The molecule has 1 aliphatic rings. The van der Waals surface area contributed by atoms with Crippen LogP contribution >= 0.6 is 11.8 Å². The topological polar surface area (TPSA) is 26.3 Å². The molecule has 0 spiro atoms. The number of hydrogen-bond acceptors (Lipinski definition) is 3. The van der Waals surface area contributed by atoms with E-state index < -0.39 is 0 Å². The molecule has 0 aliphatic heterocycles. The summed E-state index contributed by atoms with van der Waals surface area (Å²) in [5.74, 6) is 1.22. The minimum atomic E-state index is 0.268. The van der Waals surface area contributed by atoms with Crippen LogP contribution in [0, 0.1) is 0 Å². The molecule has 1 aliphatic carbocycles. The van der Waals surface area contributed by atoms with Crippen molar-refractivity contribution in [1.82, 2.24) is 0 Å². The highest BCUT2D eigenvalue weighted by molar-refractivity contribution is 8.03. The predicted octanol–water partition coefficient (Wildman–Crippen LogP) is 1.61. The summed E-state index contributed by atoms with van der Waals surface area (Å²) >= 11 is 1.73. The fourth-order valence-corrected chi connectivity index (χ4v) is 1.91. The largest absolute Gasteiger partial charge is 0.384 e. The van der Waals surface area contributed by atoms with Gasteiger partial charge in [-0.25, -0.2) is 0 Å². The van der Waals surface area contributed by atoms with Gasteiger partial charge in [0.1, 0.15) is 0 Å². The number of methoxy groups -OCH3 is 1. The van der Waals surface area contributed by atoms with Gasteiger partial charge in [0, 0.05) is 19.3 Å². The lowest BCUT2D eigenvalue weighted by Crippen LogP contribution is -1.90. The predicted molar refractivity (Wildman–Crippen MR) is 46.7 cm³/mol. The average molecular weight is 172 g/mol. The molecule has 0 unspecified atom stereocenters. The van der Waals surface area contributed by atoms with E-state index in [-0.39, 0.29) is 5.78 Å². The lowest BCUT2D eigenvalue weighted by atomic mass is 10.3. The van der Waals surface area contributed by atoms with Crippen molar-refractivity contribution < 1.29 is 9.53 Å². The zero-order chi connectivity index (χ0) is 8.10. The van der Waals surface area contributed by atoms with Crippen LogP contribution in [0.15, 0.2) is 11.0 Å². The van der Waals surface area contributed by atoms with Crippen LogP contribution in [0.1, 0.15) is 12.8 Å². The first-order valence-corrected chi connectivity index (χ1v) is 4.66. The van der Waals surface area contributed by atoms with Gasteiger partial charge in [-0.3, -0.25) is 4.79 Å². The summed E-state index contributed by atoms with van der Waals surface area (Å²) in [6.45, 7) is 0.760. The van der Waals surface area contributed by atoms with Gasteiger partial charge >= 0.3 is 0 Å². The Hall–Kier alpha value is -0.280. The number of carbonyl (C=O) groups is 1. The third-order valence-corrected chi connectivity index (χ3v) is 2.58. The molecule has 0 aromatic heterocycles. The van der Waals surface area contributed by atoms with Crippen molar-refractivity contribution >= 4 is 17.5 Å². The first-order valence-electron chi connectivity index (χ1n) is 3.68. The highest BCUT2D eigenvalue weighted by atomic mass is 32.2. The monoisotopic (exact) mass is 172 g/mol. The van der Waals surface area contributed by atoms with Gasteiger partial charge < -0.3 is 4.74 Å². The average Bonchev–Trinajstić information content (AvgIpc) is 2.37. The van der Waals surface area contributed by atoms with E-state index in [0.717, 1.165) is 18.8 Å². The maximum Gasteiger partial charge on any atom is 0.156 e. The van der Waals surface area contributed by atoms with Crippen molar-refractivity contribution in [3.63, 3.8) is 0 Å². The number of thioether (sulfide) groups is 1. The molecule has 2 nitrogen and oxygen atoms in total. The van der Waals surface area contributed by atoms with E-state index in [2.05, 4.69) is 0 Å². The molecular formula is C8H12O2S. The van der Waals surface area contributed by atoms with E-state index in [1.165, 1.54) is 4.91 Å². The third kappa shape index (κ3) is 3.08. The molecule has 0 radical (unpaired) electrons. The molecule has 0 amide bonds. The second-order valence-corrected chi connectivity index (χ2v) is 3.64. The lowest BCUT2D eigenvalue weighted by molar-refractivity contribution is -0.114. The van der Waals surface area contributed by atoms with E-state index in [4.69, 9.17) is 4.74 Å². The molecule has 1 rings (SSSR count). The maximum atomic E-state index is 10.8. The third-order valence-electron chi connectivity index (χ3n) is 1.51. The Labute approximate surface area is 71.0 Å². The fourth-order valence-electron chi connectivity index (χ4n) is 0.940. The van der Waals surface area contributed by atoms with Gasteiger partial charge in [-0.05, 0) is 17.4 Å². The number of carbonyl (C=O) groups excluding carboxylic acids is 1. The number of hydrogen-bond donors (Lipinski definition) is 0. The normalized spacial score (nSPS) is 17.2. The van der Waals surface area contributed by atoms with Crippen LogP contribution in [-0.4, -0.2) is 25.3 Å². The molecule has 62 valence electrons. The van der Waals surface area contributed by atoms with Crippen molar-refractivity contribution in [1.29, 1.82) is 0 Å². The lowest BCUT2D eigenvalue weighted by Gasteiger charge is -1.98. The Bertz CT molecular complexity index is 175. The zero-order valence-corrected chi connectivity index (χ0v) is 7.45. The first-order chi connectivity index (χ1) is 5.33. The summed E-state index contributed by atoms with van der Waals surface area (Å²) in [4.78, 5) is 12.0. The Morgan fingerprint density at radius 1 is 1.64 bits per heavy atom. The Kier molecular flexibility index (Phi) is 3.66. The van der Waals surface area contributed by atoms with Crippen LogP contribution in [0.4, 0.5) is 0 Å². The van der Waals surface area contributed by atoms with E-state index in [1.54, 1.807) is 24.9 Å². The summed E-state index contributed by atoms with van der Waals surface area (Å²) in [5, 5.41) is 0. The number of allylic oxidation sites excluding steroid dienone is 2. The first kappa shape index (κ1) is 8.81. The smallest absolute Gasteiger partial charge is 0.156 e. The Balaban J connectivity index is 2.17. The molecule has 0 fully saturated rings. The van der Waals surface area contributed by atoms with Crippen LogP contribution in [-0.2, 0) is 9.53 Å². The number of ether oxygens (including phenoxy) is 1. The van der Waals surface area contributed by atoms with Gasteiger partial charge in [0.15, 0.2) is 5.78 Å². The quantitative estimate of drug-likeness (QED) is 0.603. The minimum Gasteiger partial charge on any atom is -0.384 e. The molecule has 0 atom stereocenters. The van der Waals surface area contributed by atoms with Gasteiger partial charge in [-0.15, -0.1) is 11.8 Å². The molecule has 11 heavy (non-hydrogen) atoms. The second kappa shape index (κ2) is 4.57. The molecule has 0 aromatic carbocycles. The van der Waals surface area contributed by atoms with E-state index >= 15 is 0 Å². The van der Waals surface area contributed by atoms with Crippen molar-refractivity contribution in [2.75, 3.05) is 19.5 Å². The molecule has 0 heterocycles. The fraction of sp³-hybridized carbons (Fsp3) is 0.625. The van der Waals surface area contributed by atoms with Gasteiger partial charge in [0.25, 0.3) is 0 Å². The SMILES string of the molecule is COCCSC1=CC(=O)CC1. The van der Waals surface area contributed by atoms with Crippen molar-refractivity contribution in [2.24, 2.45) is 0 Å². The summed E-state index contributed by atoms with van der Waals surface area (Å²) in [5.41, 5.74) is 0. The van der Waals surface area contributed by atoms with Crippen molar-refractivity contribution in [3.05, 3.63) is 11.0 Å². The Morgan fingerprint density at radius 2 is 2.45 bits per heavy atom. The van der Waals surface area contributed by atoms with Crippen LogP contribution in [0.25, 0.3) is 0 Å². The zero-order valence-electron chi connectivity index (χ0n) is 6.63. The minimum absolute atomic E-state index is 0.268. The van der Waals surface area contributed by atoms with Gasteiger partial charge in [-0.1, -0.05) is 0 Å². The molecule has 3 heteroatoms. The maximum absolute atomic E-state index is 10.8. The van der Waals surface area contributed by atoms with Crippen LogP contribution < -0.4 is 0 Å².